The minimum Gasteiger partial charge on any atom is -0.391 e. The van der Waals surface area contributed by atoms with Crippen LogP contribution < -0.4 is 15.5 Å². The lowest BCUT2D eigenvalue weighted by molar-refractivity contribution is -0.117. The molecule has 0 aliphatic carbocycles. The molecule has 1 fully saturated rings. The largest absolute Gasteiger partial charge is 0.391 e. The van der Waals surface area contributed by atoms with Gasteiger partial charge >= 0.3 is 0 Å². The Bertz CT molecular complexity index is 733. The van der Waals surface area contributed by atoms with Crippen LogP contribution in [0.25, 0.3) is 0 Å². The monoisotopic (exact) mass is 329 g/mol. The minimum absolute atomic E-state index is 0.115. The quantitative estimate of drug-likeness (QED) is 0.666. The summed E-state index contributed by atoms with van der Waals surface area (Å²) in [5.41, 5.74) is 0.593. The summed E-state index contributed by atoms with van der Waals surface area (Å²) in [6, 6.07) is -0.350. The number of hydrogen-bond donors (Lipinski definition) is 3. The number of rotatable bonds is 5. The summed E-state index contributed by atoms with van der Waals surface area (Å²) in [5.74, 6) is 1.16. The van der Waals surface area contributed by atoms with Gasteiger partial charge in [0.15, 0.2) is 11.6 Å². The van der Waals surface area contributed by atoms with Crippen molar-refractivity contribution in [2.75, 3.05) is 28.6 Å². The van der Waals surface area contributed by atoms with Crippen LogP contribution in [0.4, 0.5) is 17.3 Å². The SMILES string of the molecule is O=C1Nc2c(NCCCn3ccnc3)ncnc2N2C[C@H](O)CC12. The van der Waals surface area contributed by atoms with Gasteiger partial charge in [0.25, 0.3) is 0 Å². The van der Waals surface area contributed by atoms with Gasteiger partial charge in [0.2, 0.25) is 5.91 Å². The van der Waals surface area contributed by atoms with E-state index in [-0.39, 0.29) is 11.9 Å². The van der Waals surface area contributed by atoms with Gasteiger partial charge in [-0.2, -0.15) is 0 Å². The number of imidazole rings is 1. The van der Waals surface area contributed by atoms with E-state index in [9.17, 15) is 9.90 Å². The van der Waals surface area contributed by atoms with Gasteiger partial charge in [-0.15, -0.1) is 0 Å². The van der Waals surface area contributed by atoms with E-state index in [0.717, 1.165) is 13.0 Å². The van der Waals surface area contributed by atoms with Gasteiger partial charge in [0.05, 0.1) is 12.4 Å². The number of hydrogen-bond acceptors (Lipinski definition) is 7. The normalized spacial score (nSPS) is 22.0. The third kappa shape index (κ3) is 2.67. The molecular formula is C15H19N7O2. The topological polar surface area (TPSA) is 108 Å². The molecule has 0 spiro atoms. The van der Waals surface area contributed by atoms with Gasteiger partial charge in [-0.1, -0.05) is 0 Å². The van der Waals surface area contributed by atoms with Crippen LogP contribution in [-0.2, 0) is 11.3 Å². The van der Waals surface area contributed by atoms with Crippen molar-refractivity contribution in [2.45, 2.75) is 31.5 Å². The molecule has 2 atom stereocenters. The number of nitrogens with one attached hydrogen (secondary N) is 2. The number of aliphatic hydroxyl groups is 1. The number of aromatic nitrogens is 4. The molecule has 2 aromatic heterocycles. The van der Waals surface area contributed by atoms with E-state index in [2.05, 4.69) is 25.6 Å². The van der Waals surface area contributed by atoms with Gasteiger partial charge in [-0.3, -0.25) is 4.79 Å². The van der Waals surface area contributed by atoms with Crippen LogP contribution in [0.1, 0.15) is 12.8 Å². The van der Waals surface area contributed by atoms with Crippen LogP contribution in [0.5, 0.6) is 0 Å². The number of nitrogens with zero attached hydrogens (tertiary/aromatic N) is 5. The van der Waals surface area contributed by atoms with Gasteiger partial charge in [-0.25, -0.2) is 15.0 Å². The number of aryl methyl sites for hydroxylation is 1. The second-order valence-electron chi connectivity index (χ2n) is 6.05. The molecule has 24 heavy (non-hydrogen) atoms. The fraction of sp³-hybridized carbons (Fsp3) is 0.467. The van der Waals surface area contributed by atoms with E-state index in [1.165, 1.54) is 6.33 Å². The van der Waals surface area contributed by atoms with Crippen molar-refractivity contribution < 1.29 is 9.90 Å². The molecule has 0 radical (unpaired) electrons. The van der Waals surface area contributed by atoms with E-state index in [0.29, 0.717) is 36.8 Å². The Balaban J connectivity index is 1.46. The standard InChI is InChI=1S/C15H19N7O2/c23-10-6-11-15(24)20-12-13(18-8-19-14(12)22(11)7-10)17-2-1-4-21-5-3-16-9-21/h3,5,8-11,23H,1-2,4,6-7H2,(H,20,24)(H,17,18,19)/t10-,11?/m1/s1. The van der Waals surface area contributed by atoms with Crippen LogP contribution in [-0.4, -0.2) is 55.8 Å². The summed E-state index contributed by atoms with van der Waals surface area (Å²) in [7, 11) is 0. The maximum Gasteiger partial charge on any atom is 0.247 e. The zero-order valence-corrected chi connectivity index (χ0v) is 13.1. The third-order valence-electron chi connectivity index (χ3n) is 4.37. The highest BCUT2D eigenvalue weighted by Crippen LogP contribution is 2.38. The smallest absolute Gasteiger partial charge is 0.247 e. The molecule has 1 unspecified atom stereocenters. The molecule has 1 saturated heterocycles. The van der Waals surface area contributed by atoms with Crippen LogP contribution in [0, 0.1) is 0 Å². The summed E-state index contributed by atoms with van der Waals surface area (Å²) in [4.78, 5) is 26.7. The summed E-state index contributed by atoms with van der Waals surface area (Å²) >= 11 is 0. The van der Waals surface area contributed by atoms with Crippen LogP contribution in [0.15, 0.2) is 25.0 Å². The Labute approximate surface area is 138 Å². The van der Waals surface area contributed by atoms with E-state index < -0.39 is 6.10 Å². The Morgan fingerprint density at radius 1 is 1.42 bits per heavy atom. The summed E-state index contributed by atoms with van der Waals surface area (Å²) < 4.78 is 2.01. The first-order valence-corrected chi connectivity index (χ1v) is 8.02. The lowest BCUT2D eigenvalue weighted by atomic mass is 10.1. The van der Waals surface area contributed by atoms with Gasteiger partial charge in [-0.05, 0) is 6.42 Å². The number of aliphatic hydroxyl groups excluding tert-OH is 1. The number of carbonyl (C=O) groups excluding carboxylic acids is 1. The molecule has 0 saturated carbocycles. The molecule has 4 heterocycles. The molecule has 3 N–H and O–H groups in total. The maximum absolute atomic E-state index is 12.3. The number of carbonyl (C=O) groups is 1. The second kappa shape index (κ2) is 6.08. The molecule has 126 valence electrons. The second-order valence-corrected chi connectivity index (χ2v) is 6.05. The van der Waals surface area contributed by atoms with Crippen molar-refractivity contribution in [3.05, 3.63) is 25.0 Å². The molecule has 2 aliphatic rings. The van der Waals surface area contributed by atoms with Gasteiger partial charge in [0.1, 0.15) is 18.1 Å². The Morgan fingerprint density at radius 3 is 3.17 bits per heavy atom. The van der Waals surface area contributed by atoms with Crippen LogP contribution in [0.3, 0.4) is 0 Å². The minimum atomic E-state index is -0.506. The Morgan fingerprint density at radius 2 is 2.33 bits per heavy atom. The van der Waals surface area contributed by atoms with Crippen LogP contribution in [0.2, 0.25) is 0 Å². The van der Waals surface area contributed by atoms with Gasteiger partial charge < -0.3 is 25.2 Å². The molecule has 0 bridgehead atoms. The number of amides is 1. The molecule has 2 aromatic rings. The lowest BCUT2D eigenvalue weighted by Gasteiger charge is -2.32. The van der Waals surface area contributed by atoms with Crippen molar-refractivity contribution >= 4 is 23.2 Å². The zero-order chi connectivity index (χ0) is 16.5. The average molecular weight is 329 g/mol. The van der Waals surface area contributed by atoms with Crippen LogP contribution >= 0.6 is 0 Å². The van der Waals surface area contributed by atoms with E-state index >= 15 is 0 Å². The highest BCUT2D eigenvalue weighted by Gasteiger charge is 2.42. The predicted octanol–water partition coefficient (Wildman–Crippen LogP) is 0.0670. The highest BCUT2D eigenvalue weighted by atomic mass is 16.3. The lowest BCUT2D eigenvalue weighted by Crippen LogP contribution is -2.44. The van der Waals surface area contributed by atoms with Crippen molar-refractivity contribution in [1.29, 1.82) is 0 Å². The summed E-state index contributed by atoms with van der Waals surface area (Å²) in [5, 5.41) is 16.0. The van der Waals surface area contributed by atoms with E-state index in [1.54, 1.807) is 12.5 Å². The van der Waals surface area contributed by atoms with Crippen molar-refractivity contribution in [3.63, 3.8) is 0 Å². The predicted molar refractivity (Wildman–Crippen MR) is 87.8 cm³/mol. The van der Waals surface area contributed by atoms with Crippen molar-refractivity contribution in [3.8, 4) is 0 Å². The molecule has 4 rings (SSSR count). The fourth-order valence-corrected chi connectivity index (χ4v) is 3.23. The first-order valence-electron chi connectivity index (χ1n) is 8.02. The van der Waals surface area contributed by atoms with Crippen molar-refractivity contribution in [1.82, 2.24) is 19.5 Å². The first-order chi connectivity index (χ1) is 11.7. The number of fused-ring (bicyclic) bond motifs is 3. The molecule has 9 nitrogen and oxygen atoms in total. The fourth-order valence-electron chi connectivity index (χ4n) is 3.23. The Hall–Kier alpha value is -2.68. The maximum atomic E-state index is 12.3. The summed E-state index contributed by atoms with van der Waals surface area (Å²) in [6.07, 6.45) is 7.77. The molecule has 2 aliphatic heterocycles. The molecule has 1 amide bonds. The van der Waals surface area contributed by atoms with E-state index in [1.807, 2.05) is 15.7 Å². The summed E-state index contributed by atoms with van der Waals surface area (Å²) in [6.45, 7) is 1.98. The molecular weight excluding hydrogens is 310 g/mol. The first kappa shape index (κ1) is 14.9. The van der Waals surface area contributed by atoms with Crippen molar-refractivity contribution in [2.24, 2.45) is 0 Å². The third-order valence-corrected chi connectivity index (χ3v) is 4.37. The zero-order valence-electron chi connectivity index (χ0n) is 13.1. The van der Waals surface area contributed by atoms with E-state index in [4.69, 9.17) is 0 Å². The number of anilines is 3. The van der Waals surface area contributed by atoms with Gasteiger partial charge in [0, 0.05) is 38.4 Å². The molecule has 0 aromatic carbocycles. The average Bonchev–Trinajstić information content (AvgIpc) is 3.21. The molecule has 9 heteroatoms. The highest BCUT2D eigenvalue weighted by molar-refractivity contribution is 6.05. The Kier molecular flexibility index (Phi) is 3.77.